The molecular weight excluding hydrogens is 286 g/mol. The Bertz CT molecular complexity index is 163. The van der Waals surface area contributed by atoms with Gasteiger partial charge in [-0.3, -0.25) is 0 Å². The van der Waals surface area contributed by atoms with Gasteiger partial charge in [0.2, 0.25) is 0 Å². The summed E-state index contributed by atoms with van der Waals surface area (Å²) < 4.78 is 1.11. The fourth-order valence-corrected chi connectivity index (χ4v) is 2.14. The van der Waals surface area contributed by atoms with Crippen LogP contribution in [0.1, 0.15) is 78.1 Å². The van der Waals surface area contributed by atoms with E-state index < -0.39 is 0 Å². The third-order valence-corrected chi connectivity index (χ3v) is 4.05. The Morgan fingerprint density at radius 3 is 1.50 bits per heavy atom. The van der Waals surface area contributed by atoms with Crippen molar-refractivity contribution in [3.63, 3.8) is 0 Å². The van der Waals surface area contributed by atoms with Gasteiger partial charge in [-0.15, -0.1) is 0 Å². The SMILES string of the molecule is CCCCCCCCCCCC(C)[N+](C)(C)C.[Br-]. The van der Waals surface area contributed by atoms with Gasteiger partial charge in [0.25, 0.3) is 0 Å². The molecule has 0 bridgehead atoms. The zero-order chi connectivity index (χ0) is 13.1. The maximum Gasteiger partial charge on any atom is 0.0855 e. The minimum Gasteiger partial charge on any atom is -1.00 e. The summed E-state index contributed by atoms with van der Waals surface area (Å²) in [4.78, 5) is 0. The van der Waals surface area contributed by atoms with Crippen LogP contribution in [-0.4, -0.2) is 31.7 Å². The maximum atomic E-state index is 2.38. The van der Waals surface area contributed by atoms with Crippen molar-refractivity contribution in [3.05, 3.63) is 0 Å². The van der Waals surface area contributed by atoms with Crippen molar-refractivity contribution in [2.24, 2.45) is 0 Å². The number of hydrogen-bond donors (Lipinski definition) is 0. The second-order valence-corrected chi connectivity index (χ2v) is 6.58. The van der Waals surface area contributed by atoms with Crippen molar-refractivity contribution in [2.75, 3.05) is 21.1 Å². The molecule has 0 heterocycles. The van der Waals surface area contributed by atoms with Gasteiger partial charge in [-0.2, -0.15) is 0 Å². The molecule has 0 aromatic rings. The minimum absolute atomic E-state index is 0. The lowest BCUT2D eigenvalue weighted by Crippen LogP contribution is -3.00. The number of rotatable bonds is 11. The van der Waals surface area contributed by atoms with E-state index in [2.05, 4.69) is 35.0 Å². The van der Waals surface area contributed by atoms with Crippen LogP contribution in [0.2, 0.25) is 0 Å². The van der Waals surface area contributed by atoms with E-state index in [0.717, 1.165) is 10.5 Å². The minimum atomic E-state index is 0. The molecule has 0 rings (SSSR count). The van der Waals surface area contributed by atoms with Crippen LogP contribution >= 0.6 is 0 Å². The Morgan fingerprint density at radius 2 is 1.11 bits per heavy atom. The lowest BCUT2D eigenvalue weighted by Gasteiger charge is -2.31. The van der Waals surface area contributed by atoms with Gasteiger partial charge in [0.05, 0.1) is 27.2 Å². The second-order valence-electron chi connectivity index (χ2n) is 6.58. The number of quaternary nitrogens is 1. The highest BCUT2D eigenvalue weighted by Gasteiger charge is 2.16. The van der Waals surface area contributed by atoms with E-state index in [0.29, 0.717) is 0 Å². The highest BCUT2D eigenvalue weighted by molar-refractivity contribution is 4.52. The first-order chi connectivity index (χ1) is 7.98. The zero-order valence-corrected chi connectivity index (χ0v) is 15.1. The van der Waals surface area contributed by atoms with Gasteiger partial charge >= 0.3 is 0 Å². The average Bonchev–Trinajstić information content (AvgIpc) is 2.25. The van der Waals surface area contributed by atoms with Crippen LogP contribution in [-0.2, 0) is 0 Å². The highest BCUT2D eigenvalue weighted by Crippen LogP contribution is 2.14. The maximum absolute atomic E-state index is 2.38. The Kier molecular flexibility index (Phi) is 14.4. The number of halogens is 1. The smallest absolute Gasteiger partial charge is 0.0855 e. The molecule has 1 nitrogen and oxygen atoms in total. The summed E-state index contributed by atoms with van der Waals surface area (Å²) in [5.41, 5.74) is 0. The summed E-state index contributed by atoms with van der Waals surface area (Å²) in [5, 5.41) is 0. The Labute approximate surface area is 127 Å². The Hall–Kier alpha value is 0.440. The van der Waals surface area contributed by atoms with Gasteiger partial charge in [-0.25, -0.2) is 0 Å². The van der Waals surface area contributed by atoms with Crippen LogP contribution in [0.3, 0.4) is 0 Å². The molecule has 2 heteroatoms. The molecule has 18 heavy (non-hydrogen) atoms. The number of nitrogens with zero attached hydrogens (tertiary/aromatic N) is 1. The lowest BCUT2D eigenvalue weighted by molar-refractivity contribution is -0.894. The molecule has 0 saturated heterocycles. The van der Waals surface area contributed by atoms with E-state index in [1.807, 2.05) is 0 Å². The molecule has 0 saturated carbocycles. The highest BCUT2D eigenvalue weighted by atomic mass is 79.9. The predicted octanol–water partition coefficient (Wildman–Crippen LogP) is 2.01. The third-order valence-electron chi connectivity index (χ3n) is 4.05. The van der Waals surface area contributed by atoms with Gasteiger partial charge in [0.1, 0.15) is 0 Å². The van der Waals surface area contributed by atoms with Gasteiger partial charge in [0, 0.05) is 0 Å². The quantitative estimate of drug-likeness (QED) is 0.403. The van der Waals surface area contributed by atoms with Crippen molar-refractivity contribution in [1.29, 1.82) is 0 Å². The van der Waals surface area contributed by atoms with Gasteiger partial charge < -0.3 is 21.5 Å². The van der Waals surface area contributed by atoms with E-state index >= 15 is 0 Å². The number of unbranched alkanes of at least 4 members (excludes halogenated alkanes) is 8. The first-order valence-electron chi connectivity index (χ1n) is 7.79. The molecule has 0 aromatic heterocycles. The van der Waals surface area contributed by atoms with Crippen molar-refractivity contribution in [2.45, 2.75) is 84.1 Å². The van der Waals surface area contributed by atoms with Gasteiger partial charge in [-0.05, 0) is 19.8 Å². The van der Waals surface area contributed by atoms with Crippen molar-refractivity contribution < 1.29 is 21.5 Å². The van der Waals surface area contributed by atoms with Crippen LogP contribution in [0, 0.1) is 0 Å². The van der Waals surface area contributed by atoms with Crippen LogP contribution in [0.4, 0.5) is 0 Å². The molecule has 0 fully saturated rings. The normalized spacial score (nSPS) is 13.2. The first kappa shape index (κ1) is 20.8. The molecule has 0 aliphatic heterocycles. The molecule has 0 radical (unpaired) electrons. The van der Waals surface area contributed by atoms with Crippen molar-refractivity contribution in [1.82, 2.24) is 0 Å². The predicted molar refractivity (Wildman–Crippen MR) is 79.3 cm³/mol. The molecule has 0 N–H and O–H groups in total. The van der Waals surface area contributed by atoms with E-state index in [9.17, 15) is 0 Å². The van der Waals surface area contributed by atoms with Crippen molar-refractivity contribution >= 4 is 0 Å². The fraction of sp³-hybridized carbons (Fsp3) is 1.00. The Balaban J connectivity index is 0. The summed E-state index contributed by atoms with van der Waals surface area (Å²) in [6.07, 6.45) is 14.3. The summed E-state index contributed by atoms with van der Waals surface area (Å²) in [7, 11) is 6.91. The molecule has 1 unspecified atom stereocenters. The average molecular weight is 322 g/mol. The third kappa shape index (κ3) is 12.9. The van der Waals surface area contributed by atoms with E-state index in [1.54, 1.807) is 0 Å². The summed E-state index contributed by atoms with van der Waals surface area (Å²) in [5.74, 6) is 0. The van der Waals surface area contributed by atoms with Crippen LogP contribution in [0.25, 0.3) is 0 Å². The lowest BCUT2D eigenvalue weighted by atomic mass is 10.0. The molecule has 112 valence electrons. The molecular formula is C16H36BrN. The molecule has 1 atom stereocenters. The second kappa shape index (κ2) is 12.5. The van der Waals surface area contributed by atoms with E-state index in [1.165, 1.54) is 64.2 Å². The van der Waals surface area contributed by atoms with E-state index in [4.69, 9.17) is 0 Å². The first-order valence-corrected chi connectivity index (χ1v) is 7.79. The Morgan fingerprint density at radius 1 is 0.722 bits per heavy atom. The summed E-state index contributed by atoms with van der Waals surface area (Å²) in [6, 6.07) is 0.805. The molecule has 0 aliphatic rings. The topological polar surface area (TPSA) is 0 Å². The van der Waals surface area contributed by atoms with Crippen LogP contribution in [0.5, 0.6) is 0 Å². The number of hydrogen-bond acceptors (Lipinski definition) is 0. The van der Waals surface area contributed by atoms with Crippen molar-refractivity contribution in [3.8, 4) is 0 Å². The molecule has 0 aliphatic carbocycles. The summed E-state index contributed by atoms with van der Waals surface area (Å²) in [6.45, 7) is 4.67. The van der Waals surface area contributed by atoms with Crippen LogP contribution < -0.4 is 17.0 Å². The fourth-order valence-electron chi connectivity index (χ4n) is 2.14. The van der Waals surface area contributed by atoms with Crippen LogP contribution in [0.15, 0.2) is 0 Å². The van der Waals surface area contributed by atoms with Gasteiger partial charge in [0.15, 0.2) is 0 Å². The summed E-state index contributed by atoms with van der Waals surface area (Å²) >= 11 is 0. The zero-order valence-electron chi connectivity index (χ0n) is 13.5. The van der Waals surface area contributed by atoms with E-state index in [-0.39, 0.29) is 17.0 Å². The molecule has 0 amide bonds. The molecule has 0 spiro atoms. The van der Waals surface area contributed by atoms with Gasteiger partial charge in [-0.1, -0.05) is 58.3 Å². The molecule has 0 aromatic carbocycles. The standard InChI is InChI=1S/C16H36N.BrH/c1-6-7-8-9-10-11-12-13-14-15-16(2)17(3,4)5;/h16H,6-15H2,1-5H3;1H/q+1;/p-1. The largest absolute Gasteiger partial charge is 1.00 e. The monoisotopic (exact) mass is 321 g/mol.